The van der Waals surface area contributed by atoms with Crippen molar-refractivity contribution in [2.75, 3.05) is 5.32 Å². The minimum absolute atomic E-state index is 0.0103. The molecule has 1 aliphatic carbocycles. The molecule has 0 saturated heterocycles. The fourth-order valence-corrected chi connectivity index (χ4v) is 3.45. The molecule has 0 bridgehead atoms. The average Bonchev–Trinajstić information content (AvgIpc) is 3.56. The molecule has 8 heteroatoms. The number of nitrogens with zero attached hydrogens (tertiary/aromatic N) is 2. The fourth-order valence-electron chi connectivity index (χ4n) is 3.21. The van der Waals surface area contributed by atoms with Gasteiger partial charge in [0.05, 0.1) is 10.0 Å². The van der Waals surface area contributed by atoms with Gasteiger partial charge in [0.2, 0.25) is 5.43 Å². The van der Waals surface area contributed by atoms with Crippen LogP contribution in [0.25, 0.3) is 11.1 Å². The van der Waals surface area contributed by atoms with Gasteiger partial charge in [0.1, 0.15) is 29.0 Å². The Morgan fingerprint density at radius 3 is 2.47 bits per heavy atom. The van der Waals surface area contributed by atoms with Crippen LogP contribution in [0.2, 0.25) is 0 Å². The number of hydrogen-bond acceptors (Lipinski definition) is 3. The van der Waals surface area contributed by atoms with Gasteiger partial charge in [-0.2, -0.15) is 5.26 Å². The number of nitrogens with one attached hydrogen (secondary N) is 1. The molecule has 0 aliphatic heterocycles. The van der Waals surface area contributed by atoms with E-state index in [-0.39, 0.29) is 33.0 Å². The summed E-state index contributed by atoms with van der Waals surface area (Å²) in [7, 11) is 0. The van der Waals surface area contributed by atoms with E-state index in [1.165, 1.54) is 42.6 Å². The number of aromatic nitrogens is 1. The molecule has 2 aromatic carbocycles. The predicted molar refractivity (Wildman–Crippen MR) is 111 cm³/mol. The van der Waals surface area contributed by atoms with E-state index in [0.29, 0.717) is 5.56 Å². The van der Waals surface area contributed by atoms with E-state index in [1.807, 2.05) is 0 Å². The number of pyridine rings is 1. The first-order valence-corrected chi connectivity index (χ1v) is 9.90. The highest BCUT2D eigenvalue weighted by Crippen LogP contribution is 2.37. The average molecular weight is 470 g/mol. The highest BCUT2D eigenvalue weighted by Gasteiger charge is 2.30. The molecule has 5 nitrogen and oxygen atoms in total. The Labute approximate surface area is 178 Å². The van der Waals surface area contributed by atoms with Crippen molar-refractivity contribution in [3.63, 3.8) is 0 Å². The first kappa shape index (κ1) is 20.0. The van der Waals surface area contributed by atoms with E-state index in [1.54, 1.807) is 4.57 Å². The molecule has 0 atom stereocenters. The summed E-state index contributed by atoms with van der Waals surface area (Å²) in [5.41, 5.74) is -0.129. The second-order valence-corrected chi connectivity index (χ2v) is 7.79. The lowest BCUT2D eigenvalue weighted by atomic mass is 10.0. The highest BCUT2D eigenvalue weighted by molar-refractivity contribution is 9.10. The van der Waals surface area contributed by atoms with Gasteiger partial charge in [-0.25, -0.2) is 8.78 Å². The molecule has 1 amide bonds. The zero-order valence-corrected chi connectivity index (χ0v) is 17.0. The number of rotatable bonds is 4. The van der Waals surface area contributed by atoms with Crippen LogP contribution in [0, 0.1) is 23.0 Å². The largest absolute Gasteiger partial charge is 0.335 e. The smallest absolute Gasteiger partial charge is 0.261 e. The van der Waals surface area contributed by atoms with Gasteiger partial charge in [0.25, 0.3) is 5.91 Å². The minimum Gasteiger partial charge on any atom is -0.335 e. The maximum Gasteiger partial charge on any atom is 0.261 e. The molecule has 3 aromatic rings. The van der Waals surface area contributed by atoms with Gasteiger partial charge in [-0.15, -0.1) is 0 Å². The van der Waals surface area contributed by atoms with Crippen LogP contribution in [0.1, 0.15) is 34.9 Å². The quantitative estimate of drug-likeness (QED) is 0.583. The lowest BCUT2D eigenvalue weighted by Crippen LogP contribution is -2.26. The Kier molecular flexibility index (Phi) is 5.22. The summed E-state index contributed by atoms with van der Waals surface area (Å²) in [4.78, 5) is 26.0. The van der Waals surface area contributed by atoms with Crippen molar-refractivity contribution in [2.45, 2.75) is 18.9 Å². The SMILES string of the molecule is N#Cc1c(-c2ccc(F)cc2)c(=O)c(C(=O)Nc2ccc(Br)c(F)c2)cn1C1CC1. The van der Waals surface area contributed by atoms with Crippen LogP contribution in [-0.4, -0.2) is 10.5 Å². The van der Waals surface area contributed by atoms with E-state index in [2.05, 4.69) is 27.3 Å². The van der Waals surface area contributed by atoms with Crippen molar-refractivity contribution in [1.82, 2.24) is 4.57 Å². The third-order valence-electron chi connectivity index (χ3n) is 4.84. The Balaban J connectivity index is 1.84. The predicted octanol–water partition coefficient (Wildman–Crippen LogP) is 5.01. The van der Waals surface area contributed by atoms with Gasteiger partial charge >= 0.3 is 0 Å². The second kappa shape index (κ2) is 7.84. The number of hydrogen-bond donors (Lipinski definition) is 1. The molecule has 0 unspecified atom stereocenters. The van der Waals surface area contributed by atoms with Crippen molar-refractivity contribution in [3.8, 4) is 17.2 Å². The lowest BCUT2D eigenvalue weighted by Gasteiger charge is -2.15. The number of halogens is 3. The first-order valence-electron chi connectivity index (χ1n) is 9.10. The molecule has 1 aromatic heterocycles. The molecule has 4 rings (SSSR count). The monoisotopic (exact) mass is 469 g/mol. The van der Waals surface area contributed by atoms with Gasteiger partial charge in [0.15, 0.2) is 0 Å². The van der Waals surface area contributed by atoms with Gasteiger partial charge in [0, 0.05) is 17.9 Å². The summed E-state index contributed by atoms with van der Waals surface area (Å²) < 4.78 is 29.0. The van der Waals surface area contributed by atoms with Gasteiger partial charge in [-0.1, -0.05) is 12.1 Å². The number of amides is 1. The molecular weight excluding hydrogens is 456 g/mol. The van der Waals surface area contributed by atoms with Gasteiger partial charge in [-0.3, -0.25) is 9.59 Å². The van der Waals surface area contributed by atoms with Crippen molar-refractivity contribution >= 4 is 27.5 Å². The zero-order chi connectivity index (χ0) is 21.4. The lowest BCUT2D eigenvalue weighted by molar-refractivity contribution is 0.102. The van der Waals surface area contributed by atoms with Crippen molar-refractivity contribution in [3.05, 3.63) is 86.2 Å². The van der Waals surface area contributed by atoms with Crippen LogP contribution in [-0.2, 0) is 0 Å². The molecule has 30 heavy (non-hydrogen) atoms. The zero-order valence-electron chi connectivity index (χ0n) is 15.5. The number of benzene rings is 2. The molecule has 1 N–H and O–H groups in total. The third-order valence-corrected chi connectivity index (χ3v) is 5.48. The maximum atomic E-state index is 13.8. The number of nitriles is 1. The van der Waals surface area contributed by atoms with E-state index < -0.39 is 23.0 Å². The molecule has 1 fully saturated rings. The highest BCUT2D eigenvalue weighted by atomic mass is 79.9. The van der Waals surface area contributed by atoms with Crippen molar-refractivity contribution < 1.29 is 13.6 Å². The standard InChI is InChI=1S/C22H14BrF2N3O2/c23-17-8-5-14(9-18(17)25)27-22(30)16-11-28(15-6-7-15)19(10-26)20(21(16)29)12-1-3-13(24)4-2-12/h1-5,8-9,11,15H,6-7H2,(H,27,30). The van der Waals surface area contributed by atoms with Crippen LogP contribution >= 0.6 is 15.9 Å². The summed E-state index contributed by atoms with van der Waals surface area (Å²) >= 11 is 3.04. The van der Waals surface area contributed by atoms with E-state index >= 15 is 0 Å². The Morgan fingerprint density at radius 2 is 1.87 bits per heavy atom. The molecule has 150 valence electrons. The topological polar surface area (TPSA) is 74.9 Å². The third kappa shape index (κ3) is 3.76. The van der Waals surface area contributed by atoms with Crippen molar-refractivity contribution in [1.29, 1.82) is 5.26 Å². The summed E-state index contributed by atoms with van der Waals surface area (Å²) in [5, 5.41) is 12.2. The van der Waals surface area contributed by atoms with E-state index in [4.69, 9.17) is 0 Å². The molecule has 1 saturated carbocycles. The van der Waals surface area contributed by atoms with Crippen LogP contribution in [0.15, 0.2) is 57.9 Å². The second-order valence-electron chi connectivity index (χ2n) is 6.94. The molecule has 0 radical (unpaired) electrons. The Morgan fingerprint density at radius 1 is 1.17 bits per heavy atom. The summed E-state index contributed by atoms with van der Waals surface area (Å²) in [5.74, 6) is -1.76. The van der Waals surface area contributed by atoms with Gasteiger partial charge in [-0.05, 0) is 64.7 Å². The number of carbonyl (C=O) groups excluding carboxylic acids is 1. The first-order chi connectivity index (χ1) is 14.4. The van der Waals surface area contributed by atoms with Crippen LogP contribution < -0.4 is 10.7 Å². The van der Waals surface area contributed by atoms with Gasteiger partial charge < -0.3 is 9.88 Å². The van der Waals surface area contributed by atoms with E-state index in [0.717, 1.165) is 18.9 Å². The summed E-state index contributed by atoms with van der Waals surface area (Å²) in [6.45, 7) is 0. The Hall–Kier alpha value is -3.31. The number of anilines is 1. The molecular formula is C22H14BrF2N3O2. The fraction of sp³-hybridized carbons (Fsp3) is 0.136. The Bertz CT molecular complexity index is 1260. The minimum atomic E-state index is -0.719. The van der Waals surface area contributed by atoms with Crippen molar-refractivity contribution in [2.24, 2.45) is 0 Å². The normalized spacial score (nSPS) is 13.0. The van der Waals surface area contributed by atoms with Crippen LogP contribution in [0.4, 0.5) is 14.5 Å². The molecule has 1 heterocycles. The summed E-state index contributed by atoms with van der Waals surface area (Å²) in [6, 6.07) is 11.3. The molecule has 0 spiro atoms. The molecule has 1 aliphatic rings. The van der Waals surface area contributed by atoms with E-state index in [9.17, 15) is 23.6 Å². The maximum absolute atomic E-state index is 13.8. The van der Waals surface area contributed by atoms with Crippen LogP contribution in [0.5, 0.6) is 0 Å². The summed E-state index contributed by atoms with van der Waals surface area (Å²) in [6.07, 6.45) is 3.01. The number of carbonyl (C=O) groups is 1. The van der Waals surface area contributed by atoms with Crippen LogP contribution in [0.3, 0.4) is 0 Å².